The van der Waals surface area contributed by atoms with Gasteiger partial charge in [-0.2, -0.15) is 0 Å². The third-order valence-electron chi connectivity index (χ3n) is 5.65. The van der Waals surface area contributed by atoms with Crippen molar-refractivity contribution in [1.82, 2.24) is 0 Å². The molecule has 0 aliphatic heterocycles. The molecular formula is C28H24Cl2N2O5S. The van der Waals surface area contributed by atoms with Gasteiger partial charge in [-0.1, -0.05) is 47.5 Å². The number of hydrogen-bond donors (Lipinski definition) is 2. The monoisotopic (exact) mass is 570 g/mol. The summed E-state index contributed by atoms with van der Waals surface area (Å²) in [5, 5.41) is 3.44. The number of ether oxygens (including phenoxy) is 2. The van der Waals surface area contributed by atoms with Crippen LogP contribution in [0.4, 0.5) is 11.4 Å². The van der Waals surface area contributed by atoms with Crippen molar-refractivity contribution in [2.45, 2.75) is 18.4 Å². The normalized spacial score (nSPS) is 11.1. The van der Waals surface area contributed by atoms with E-state index in [9.17, 15) is 13.2 Å². The van der Waals surface area contributed by atoms with Crippen LogP contribution in [0.3, 0.4) is 0 Å². The zero-order valence-electron chi connectivity index (χ0n) is 20.5. The van der Waals surface area contributed by atoms with Crippen LogP contribution in [0.15, 0.2) is 89.8 Å². The van der Waals surface area contributed by atoms with E-state index in [4.69, 9.17) is 32.7 Å². The third-order valence-corrected chi connectivity index (χ3v) is 7.84. The van der Waals surface area contributed by atoms with Crippen molar-refractivity contribution >= 4 is 50.5 Å². The van der Waals surface area contributed by atoms with E-state index in [1.807, 2.05) is 19.1 Å². The molecule has 0 saturated heterocycles. The molecule has 7 nitrogen and oxygen atoms in total. The molecule has 4 aromatic carbocycles. The van der Waals surface area contributed by atoms with E-state index in [1.54, 1.807) is 48.5 Å². The number of rotatable bonds is 9. The number of hydrogen-bond acceptors (Lipinski definition) is 5. The van der Waals surface area contributed by atoms with E-state index >= 15 is 0 Å². The highest BCUT2D eigenvalue weighted by atomic mass is 35.5. The number of sulfonamides is 1. The quantitative estimate of drug-likeness (QED) is 0.227. The lowest BCUT2D eigenvalue weighted by molar-refractivity contribution is 0.102. The molecular weight excluding hydrogens is 547 g/mol. The number of methoxy groups -OCH3 is 1. The van der Waals surface area contributed by atoms with E-state index in [-0.39, 0.29) is 17.4 Å². The van der Waals surface area contributed by atoms with Crippen molar-refractivity contribution in [3.63, 3.8) is 0 Å². The zero-order chi connectivity index (χ0) is 27.3. The first-order chi connectivity index (χ1) is 18.2. The average molecular weight is 571 g/mol. The molecule has 0 aromatic heterocycles. The molecule has 0 aliphatic carbocycles. The van der Waals surface area contributed by atoms with E-state index in [0.717, 1.165) is 5.56 Å². The number of carbonyl (C=O) groups is 1. The lowest BCUT2D eigenvalue weighted by Gasteiger charge is -2.14. The van der Waals surface area contributed by atoms with Gasteiger partial charge in [0.1, 0.15) is 23.1 Å². The number of amides is 1. The Balaban J connectivity index is 1.46. The van der Waals surface area contributed by atoms with Crippen molar-refractivity contribution in [2.24, 2.45) is 0 Å². The van der Waals surface area contributed by atoms with E-state index in [0.29, 0.717) is 44.0 Å². The molecule has 38 heavy (non-hydrogen) atoms. The molecule has 1 amide bonds. The summed E-state index contributed by atoms with van der Waals surface area (Å²) in [6.07, 6.45) is 0. The Morgan fingerprint density at radius 3 is 2.34 bits per heavy atom. The maximum absolute atomic E-state index is 12.9. The number of anilines is 2. The number of para-hydroxylation sites is 1. The molecule has 0 heterocycles. The fourth-order valence-electron chi connectivity index (χ4n) is 3.60. The summed E-state index contributed by atoms with van der Waals surface area (Å²) in [7, 11) is -2.27. The highest BCUT2D eigenvalue weighted by Gasteiger charge is 2.16. The predicted octanol–water partition coefficient (Wildman–Crippen LogP) is 6.94. The van der Waals surface area contributed by atoms with Crippen LogP contribution in [0.2, 0.25) is 10.0 Å². The lowest BCUT2D eigenvalue weighted by Crippen LogP contribution is -2.15. The molecule has 0 aliphatic rings. The van der Waals surface area contributed by atoms with Crippen LogP contribution >= 0.6 is 23.2 Å². The molecule has 0 fully saturated rings. The fraction of sp³-hybridized carbons (Fsp3) is 0.107. The van der Waals surface area contributed by atoms with Crippen LogP contribution < -0.4 is 19.5 Å². The summed E-state index contributed by atoms with van der Waals surface area (Å²) < 4.78 is 39.3. The standard InChI is InChI=1S/C28H24Cl2N2O5S/c1-18-6-3-4-8-24(18)32-38(34,35)22-13-11-21(12-14-22)31-28(33)19-10-15-25(36-2)20(16-19)17-37-26-9-5-7-23(29)27(26)30/h3-16,32H,17H2,1-2H3,(H,31,33). The second-order valence-electron chi connectivity index (χ2n) is 8.27. The van der Waals surface area contributed by atoms with Gasteiger partial charge in [0.05, 0.1) is 22.7 Å². The fourth-order valence-corrected chi connectivity index (χ4v) is 5.07. The minimum absolute atomic E-state index is 0.0716. The van der Waals surface area contributed by atoms with Gasteiger partial charge in [0.15, 0.2) is 0 Å². The predicted molar refractivity (Wildman–Crippen MR) is 150 cm³/mol. The molecule has 196 valence electrons. The molecule has 2 N–H and O–H groups in total. The molecule has 0 unspecified atom stereocenters. The Morgan fingerprint density at radius 2 is 1.63 bits per heavy atom. The van der Waals surface area contributed by atoms with Gasteiger partial charge in [0.2, 0.25) is 0 Å². The van der Waals surface area contributed by atoms with Crippen molar-refractivity contribution in [3.05, 3.63) is 112 Å². The van der Waals surface area contributed by atoms with Crippen LogP contribution in [-0.2, 0) is 16.6 Å². The first-order valence-electron chi connectivity index (χ1n) is 11.4. The van der Waals surface area contributed by atoms with Crippen LogP contribution in [0.25, 0.3) is 0 Å². The van der Waals surface area contributed by atoms with Crippen LogP contribution in [0.5, 0.6) is 11.5 Å². The second kappa shape index (κ2) is 11.8. The molecule has 0 spiro atoms. The topological polar surface area (TPSA) is 93.7 Å². The molecule has 0 saturated carbocycles. The zero-order valence-corrected chi connectivity index (χ0v) is 22.8. The first kappa shape index (κ1) is 27.3. The molecule has 4 aromatic rings. The molecule has 0 radical (unpaired) electrons. The Labute approximate surface area is 231 Å². The van der Waals surface area contributed by atoms with Crippen molar-refractivity contribution in [3.8, 4) is 11.5 Å². The third kappa shape index (κ3) is 6.39. The smallest absolute Gasteiger partial charge is 0.261 e. The highest BCUT2D eigenvalue weighted by molar-refractivity contribution is 7.92. The Morgan fingerprint density at radius 1 is 0.895 bits per heavy atom. The lowest BCUT2D eigenvalue weighted by atomic mass is 10.1. The summed E-state index contributed by atoms with van der Waals surface area (Å²) in [6, 6.07) is 23.0. The molecule has 0 bridgehead atoms. The van der Waals surface area contributed by atoms with Crippen LogP contribution in [0.1, 0.15) is 21.5 Å². The van der Waals surface area contributed by atoms with Gasteiger partial charge in [0, 0.05) is 16.8 Å². The highest BCUT2D eigenvalue weighted by Crippen LogP contribution is 2.33. The Bertz CT molecular complexity index is 1570. The number of nitrogens with one attached hydrogen (secondary N) is 2. The molecule has 0 atom stereocenters. The van der Waals surface area contributed by atoms with Crippen LogP contribution in [-0.4, -0.2) is 21.4 Å². The molecule has 4 rings (SSSR count). The SMILES string of the molecule is COc1ccc(C(=O)Nc2ccc(S(=O)(=O)Nc3ccccc3C)cc2)cc1COc1cccc(Cl)c1Cl. The van der Waals surface area contributed by atoms with E-state index in [1.165, 1.54) is 31.4 Å². The summed E-state index contributed by atoms with van der Waals surface area (Å²) in [5.74, 6) is 0.557. The largest absolute Gasteiger partial charge is 0.496 e. The van der Waals surface area contributed by atoms with Gasteiger partial charge in [-0.25, -0.2) is 8.42 Å². The number of carbonyl (C=O) groups excluding carboxylic acids is 1. The first-order valence-corrected chi connectivity index (χ1v) is 13.7. The maximum atomic E-state index is 12.9. The van der Waals surface area contributed by atoms with Gasteiger partial charge >= 0.3 is 0 Å². The summed E-state index contributed by atoms with van der Waals surface area (Å²) in [5.41, 5.74) is 2.73. The number of benzene rings is 4. The van der Waals surface area contributed by atoms with Gasteiger partial charge in [-0.15, -0.1) is 0 Å². The van der Waals surface area contributed by atoms with Crippen LogP contribution in [0, 0.1) is 6.92 Å². The van der Waals surface area contributed by atoms with Gasteiger partial charge in [0.25, 0.3) is 15.9 Å². The Hall–Kier alpha value is -3.72. The Kier molecular flexibility index (Phi) is 8.46. The van der Waals surface area contributed by atoms with E-state index < -0.39 is 10.0 Å². The number of aryl methyl sites for hydroxylation is 1. The number of halogens is 2. The van der Waals surface area contributed by atoms with Crippen molar-refractivity contribution in [1.29, 1.82) is 0 Å². The van der Waals surface area contributed by atoms with Gasteiger partial charge < -0.3 is 14.8 Å². The maximum Gasteiger partial charge on any atom is 0.261 e. The van der Waals surface area contributed by atoms with E-state index in [2.05, 4.69) is 10.0 Å². The van der Waals surface area contributed by atoms with Crippen molar-refractivity contribution in [2.75, 3.05) is 17.1 Å². The summed E-state index contributed by atoms with van der Waals surface area (Å²) >= 11 is 12.2. The summed E-state index contributed by atoms with van der Waals surface area (Å²) in [6.45, 7) is 1.91. The van der Waals surface area contributed by atoms with Crippen molar-refractivity contribution < 1.29 is 22.7 Å². The second-order valence-corrected chi connectivity index (χ2v) is 10.7. The van der Waals surface area contributed by atoms with Gasteiger partial charge in [-0.05, 0) is 73.2 Å². The minimum atomic E-state index is -3.79. The summed E-state index contributed by atoms with van der Waals surface area (Å²) in [4.78, 5) is 13.0. The molecule has 10 heteroatoms. The van der Waals surface area contributed by atoms with Gasteiger partial charge in [-0.3, -0.25) is 9.52 Å². The minimum Gasteiger partial charge on any atom is -0.496 e. The average Bonchev–Trinajstić information content (AvgIpc) is 2.91.